The molecule has 0 aromatic carbocycles. The molecule has 0 atom stereocenters. The molecular formula is C20H27N. The number of nitrogens with zero attached hydrogens (tertiary/aromatic N) is 1. The third-order valence-corrected chi connectivity index (χ3v) is 2.99. The van der Waals surface area contributed by atoms with E-state index in [1.807, 2.05) is 63.4 Å². The van der Waals surface area contributed by atoms with Crippen molar-refractivity contribution in [3.63, 3.8) is 0 Å². The van der Waals surface area contributed by atoms with Crippen LogP contribution in [-0.2, 0) is 0 Å². The molecule has 0 aliphatic rings. The maximum atomic E-state index is 4.58. The van der Waals surface area contributed by atoms with E-state index in [4.69, 9.17) is 0 Å². The van der Waals surface area contributed by atoms with Crippen molar-refractivity contribution in [2.45, 2.75) is 34.1 Å². The summed E-state index contributed by atoms with van der Waals surface area (Å²) in [6.45, 7) is 15.7. The Labute approximate surface area is 130 Å². The fourth-order valence-electron chi connectivity index (χ4n) is 1.72. The minimum atomic E-state index is 0.917. The number of allylic oxidation sites excluding steroid dienone is 11. The summed E-state index contributed by atoms with van der Waals surface area (Å²) in [6.07, 6.45) is 18.5. The van der Waals surface area contributed by atoms with Crippen LogP contribution < -0.4 is 0 Å². The molecule has 0 radical (unpaired) electrons. The average molecular weight is 281 g/mol. The van der Waals surface area contributed by atoms with Crippen molar-refractivity contribution < 1.29 is 0 Å². The molecule has 1 nitrogen and oxygen atoms in total. The van der Waals surface area contributed by atoms with Crippen molar-refractivity contribution in [1.29, 1.82) is 0 Å². The summed E-state index contributed by atoms with van der Waals surface area (Å²) in [7, 11) is 0. The Morgan fingerprint density at radius 3 is 2.29 bits per heavy atom. The van der Waals surface area contributed by atoms with Gasteiger partial charge < -0.3 is 0 Å². The maximum absolute atomic E-state index is 4.58. The van der Waals surface area contributed by atoms with E-state index < -0.39 is 0 Å². The number of rotatable bonds is 8. The largest absolute Gasteiger partial charge is 0.261 e. The van der Waals surface area contributed by atoms with Gasteiger partial charge in [0.25, 0.3) is 0 Å². The van der Waals surface area contributed by atoms with Crippen molar-refractivity contribution in [2.24, 2.45) is 4.99 Å². The summed E-state index contributed by atoms with van der Waals surface area (Å²) in [5.74, 6) is 0. The van der Waals surface area contributed by atoms with Gasteiger partial charge in [-0.05, 0) is 43.9 Å². The molecule has 0 N–H and O–H groups in total. The monoisotopic (exact) mass is 281 g/mol. The lowest BCUT2D eigenvalue weighted by molar-refractivity contribution is 1.11. The lowest BCUT2D eigenvalue weighted by Gasteiger charge is -2.05. The van der Waals surface area contributed by atoms with E-state index in [0.29, 0.717) is 0 Å². The molecule has 0 saturated heterocycles. The van der Waals surface area contributed by atoms with Gasteiger partial charge in [-0.2, -0.15) is 0 Å². The molecule has 0 aromatic heterocycles. The first-order valence-corrected chi connectivity index (χ1v) is 7.29. The van der Waals surface area contributed by atoms with Crippen LogP contribution in [0.2, 0.25) is 0 Å². The molecule has 0 amide bonds. The fourth-order valence-corrected chi connectivity index (χ4v) is 1.72. The van der Waals surface area contributed by atoms with Gasteiger partial charge in [-0.1, -0.05) is 68.7 Å². The van der Waals surface area contributed by atoms with Gasteiger partial charge in [0.15, 0.2) is 0 Å². The Kier molecular flexibility index (Phi) is 10.5. The molecule has 0 aromatic rings. The predicted molar refractivity (Wildman–Crippen MR) is 97.7 cm³/mol. The van der Waals surface area contributed by atoms with Crippen LogP contribution in [0.5, 0.6) is 0 Å². The van der Waals surface area contributed by atoms with Gasteiger partial charge in [-0.3, -0.25) is 4.99 Å². The van der Waals surface area contributed by atoms with E-state index >= 15 is 0 Å². The minimum Gasteiger partial charge on any atom is -0.261 e. The van der Waals surface area contributed by atoms with E-state index in [-0.39, 0.29) is 0 Å². The second-order valence-corrected chi connectivity index (χ2v) is 4.41. The van der Waals surface area contributed by atoms with Crippen LogP contribution in [0, 0.1) is 0 Å². The zero-order valence-electron chi connectivity index (χ0n) is 13.8. The van der Waals surface area contributed by atoms with Gasteiger partial charge in [-0.25, -0.2) is 0 Å². The first kappa shape index (κ1) is 18.9. The zero-order valence-corrected chi connectivity index (χ0v) is 13.8. The highest BCUT2D eigenvalue weighted by Crippen LogP contribution is 2.16. The normalized spacial score (nSPS) is 15.0. The van der Waals surface area contributed by atoms with Crippen LogP contribution in [0.3, 0.4) is 0 Å². The van der Waals surface area contributed by atoms with E-state index in [1.165, 1.54) is 5.57 Å². The first-order valence-electron chi connectivity index (χ1n) is 7.29. The van der Waals surface area contributed by atoms with Crippen LogP contribution in [0.15, 0.2) is 89.7 Å². The molecule has 0 bridgehead atoms. The van der Waals surface area contributed by atoms with E-state index in [9.17, 15) is 0 Å². The van der Waals surface area contributed by atoms with Crippen LogP contribution in [0.25, 0.3) is 0 Å². The first-order chi connectivity index (χ1) is 10.1. The van der Waals surface area contributed by atoms with Crippen LogP contribution >= 0.6 is 0 Å². The summed E-state index contributed by atoms with van der Waals surface area (Å²) in [4.78, 5) is 4.58. The smallest absolute Gasteiger partial charge is 0.0441 e. The molecule has 0 spiro atoms. The van der Waals surface area contributed by atoms with Crippen molar-refractivity contribution in [3.05, 3.63) is 84.7 Å². The third-order valence-electron chi connectivity index (χ3n) is 2.99. The summed E-state index contributed by atoms with van der Waals surface area (Å²) in [5.41, 5.74) is 4.36. The lowest BCUT2D eigenvalue weighted by Crippen LogP contribution is -1.94. The molecular weight excluding hydrogens is 254 g/mol. The summed E-state index contributed by atoms with van der Waals surface area (Å²) in [5, 5.41) is 0. The molecule has 0 saturated carbocycles. The Morgan fingerprint density at radius 1 is 1.10 bits per heavy atom. The molecule has 112 valence electrons. The highest BCUT2D eigenvalue weighted by molar-refractivity contribution is 6.01. The molecule has 0 fully saturated rings. The molecule has 0 heterocycles. The van der Waals surface area contributed by atoms with Crippen molar-refractivity contribution in [1.82, 2.24) is 0 Å². The molecule has 1 heteroatoms. The van der Waals surface area contributed by atoms with Gasteiger partial charge in [0, 0.05) is 11.9 Å². The number of hydrogen-bond acceptors (Lipinski definition) is 1. The average Bonchev–Trinajstić information content (AvgIpc) is 2.51. The quantitative estimate of drug-likeness (QED) is 0.375. The second-order valence-electron chi connectivity index (χ2n) is 4.41. The van der Waals surface area contributed by atoms with Gasteiger partial charge in [-0.15, -0.1) is 0 Å². The highest BCUT2D eigenvalue weighted by atomic mass is 14.7. The molecule has 0 aliphatic carbocycles. The number of aliphatic imine (C=N–C) groups is 1. The van der Waals surface area contributed by atoms with Crippen LogP contribution in [0.1, 0.15) is 34.1 Å². The topological polar surface area (TPSA) is 12.4 Å². The SMILES string of the molecule is C=C\C=C/C(=C\C)C(/C)=N\C=C(CC)\C(C=C)=C\C=C/C. The van der Waals surface area contributed by atoms with Gasteiger partial charge in [0.1, 0.15) is 0 Å². The third kappa shape index (κ3) is 7.26. The van der Waals surface area contributed by atoms with E-state index in [0.717, 1.165) is 23.3 Å². The minimum absolute atomic E-state index is 0.917. The predicted octanol–water partition coefficient (Wildman–Crippen LogP) is 6.12. The van der Waals surface area contributed by atoms with Gasteiger partial charge in [0.05, 0.1) is 0 Å². The van der Waals surface area contributed by atoms with Crippen LogP contribution in [0.4, 0.5) is 0 Å². The van der Waals surface area contributed by atoms with Crippen molar-refractivity contribution >= 4 is 5.71 Å². The lowest BCUT2D eigenvalue weighted by atomic mass is 10.0. The second kappa shape index (κ2) is 11.7. The Hall–Kier alpha value is -2.15. The van der Waals surface area contributed by atoms with Crippen molar-refractivity contribution in [3.8, 4) is 0 Å². The van der Waals surface area contributed by atoms with Crippen LogP contribution in [-0.4, -0.2) is 5.71 Å². The highest BCUT2D eigenvalue weighted by Gasteiger charge is 1.99. The molecule has 21 heavy (non-hydrogen) atoms. The zero-order chi connectivity index (χ0) is 16.1. The summed E-state index contributed by atoms with van der Waals surface area (Å²) < 4.78 is 0. The standard InChI is InChI=1S/C20H27N/c1-7-12-14-18(9-3)17(6)21-16-20(11-5)19(10-4)15-13-8-2/h7-10,12-16H,1,4,11H2,2-3,5-6H3/b13-8-,14-12-,18-9+,19-15+,20-16+,21-17-. The van der Waals surface area contributed by atoms with E-state index in [1.54, 1.807) is 6.08 Å². The van der Waals surface area contributed by atoms with E-state index in [2.05, 4.69) is 31.2 Å². The summed E-state index contributed by atoms with van der Waals surface area (Å²) >= 11 is 0. The fraction of sp³-hybridized carbons (Fsp3) is 0.250. The Morgan fingerprint density at radius 2 is 1.81 bits per heavy atom. The maximum Gasteiger partial charge on any atom is 0.0441 e. The Bertz CT molecular complexity index is 520. The van der Waals surface area contributed by atoms with Gasteiger partial charge in [0.2, 0.25) is 0 Å². The number of hydrogen-bond donors (Lipinski definition) is 0. The molecule has 0 rings (SSSR count). The molecule has 0 aliphatic heterocycles. The van der Waals surface area contributed by atoms with Gasteiger partial charge >= 0.3 is 0 Å². The van der Waals surface area contributed by atoms with Crippen molar-refractivity contribution in [2.75, 3.05) is 0 Å². The molecule has 0 unspecified atom stereocenters. The summed E-state index contributed by atoms with van der Waals surface area (Å²) in [6, 6.07) is 0. The Balaban J connectivity index is 5.43.